The zero-order valence-corrected chi connectivity index (χ0v) is 36.4. The van der Waals surface area contributed by atoms with Gasteiger partial charge in [-0.1, -0.05) is 12.1 Å². The van der Waals surface area contributed by atoms with Crippen LogP contribution in [0.1, 0.15) is 35.2 Å². The molecule has 7 N–H and O–H groups in total. The van der Waals surface area contributed by atoms with E-state index in [0.717, 1.165) is 17.1 Å². The maximum Gasteiger partial charge on any atom is 0.326 e. The minimum Gasteiger partial charge on any atom is -0.480 e. The second kappa shape index (κ2) is 30.4. The highest BCUT2D eigenvalue weighted by atomic mass is 35.5. The SMILES string of the molecule is Cl.Cl.Cl.Cl.O=C(O)CN1CCN(CC(=O)O)CCN(CC(=O)NCc2cccc(C(=O)NCC(=O)N[C@@H](CCCCN3C(=O)C=CC3=O)C(=O)O)c2)CCN(CC(=O)O)CC1. The van der Waals surface area contributed by atoms with Gasteiger partial charge in [-0.25, -0.2) is 4.79 Å². The average Bonchev–Trinajstić information content (AvgIpc) is 3.47. The third-order valence-corrected chi connectivity index (χ3v) is 9.12. The Morgan fingerprint density at radius 1 is 0.607 bits per heavy atom. The second-order valence-electron chi connectivity index (χ2n) is 13.6. The van der Waals surface area contributed by atoms with Gasteiger partial charge >= 0.3 is 23.9 Å². The Bertz CT molecular complexity index is 1640. The summed E-state index contributed by atoms with van der Waals surface area (Å²) >= 11 is 0. The van der Waals surface area contributed by atoms with Gasteiger partial charge in [0, 0.05) is 83.2 Å². The first kappa shape index (κ1) is 58.5. The second-order valence-corrected chi connectivity index (χ2v) is 13.6. The van der Waals surface area contributed by atoms with Gasteiger partial charge in [-0.2, -0.15) is 0 Å². The first-order valence-corrected chi connectivity index (χ1v) is 18.3. The van der Waals surface area contributed by atoms with E-state index in [2.05, 4.69) is 16.0 Å². The number of rotatable bonds is 20. The van der Waals surface area contributed by atoms with Crippen LogP contribution in [0.3, 0.4) is 0 Å². The molecule has 1 aromatic rings. The number of carboxylic acids is 4. The number of aliphatic carboxylic acids is 4. The van der Waals surface area contributed by atoms with Crippen LogP contribution >= 0.6 is 49.6 Å². The van der Waals surface area contributed by atoms with Crippen molar-refractivity contribution in [2.24, 2.45) is 0 Å². The van der Waals surface area contributed by atoms with E-state index >= 15 is 0 Å². The molecule has 344 valence electrons. The van der Waals surface area contributed by atoms with Crippen LogP contribution in [0.2, 0.25) is 0 Å². The molecule has 1 saturated heterocycles. The largest absolute Gasteiger partial charge is 0.480 e. The molecular weight excluding hydrogens is 894 g/mol. The van der Waals surface area contributed by atoms with Crippen LogP contribution in [-0.4, -0.2) is 196 Å². The van der Waals surface area contributed by atoms with E-state index in [1.165, 1.54) is 12.1 Å². The standard InChI is InChI=1S/C36H50N8O13.4ClH/c45-28(39-27(36(56)57)6-1-2-9-44-30(47)7-8-31(44)48)20-38-35(55)26-5-3-4-25(18-26)19-37-29(46)21-40-10-12-41(22-32(49)50)14-16-43(24-34(53)54)17-15-42(13-11-40)23-33(51)52;;;;/h3-5,7-8,18,27H,1-2,6,9-17,19-24H2,(H,37,46)(H,38,55)(H,39,45)(H,49,50)(H,51,52)(H,53,54)(H,56,57);4*1H/t27-;;;;/m0..../s1. The Kier molecular flexibility index (Phi) is 29.2. The lowest BCUT2D eigenvalue weighted by Crippen LogP contribution is -2.49. The summed E-state index contributed by atoms with van der Waals surface area (Å²) in [5.41, 5.74) is 0.728. The average molecular weight is 949 g/mol. The first-order chi connectivity index (χ1) is 27.1. The minimum atomic E-state index is -1.28. The van der Waals surface area contributed by atoms with Crippen LogP contribution in [-0.2, 0) is 44.9 Å². The van der Waals surface area contributed by atoms with E-state index in [4.69, 9.17) is 0 Å². The van der Waals surface area contributed by atoms with Crippen molar-refractivity contribution < 1.29 is 63.6 Å². The fourth-order valence-electron chi connectivity index (χ4n) is 6.10. The molecule has 5 amide bonds. The van der Waals surface area contributed by atoms with Gasteiger partial charge in [0.1, 0.15) is 6.04 Å². The van der Waals surface area contributed by atoms with Crippen molar-refractivity contribution >= 4 is 103 Å². The lowest BCUT2D eigenvalue weighted by atomic mass is 10.1. The normalized spacial score (nSPS) is 15.8. The number of carbonyl (C=O) groups is 9. The van der Waals surface area contributed by atoms with E-state index < -0.39 is 60.1 Å². The van der Waals surface area contributed by atoms with Crippen molar-refractivity contribution in [2.75, 3.05) is 91.6 Å². The summed E-state index contributed by atoms with van der Waals surface area (Å²) in [5, 5.41) is 45.3. The molecule has 0 spiro atoms. The number of nitrogens with zero attached hydrogens (tertiary/aromatic N) is 5. The topological polar surface area (TPSA) is 287 Å². The zero-order valence-electron chi connectivity index (χ0n) is 33.1. The lowest BCUT2D eigenvalue weighted by molar-refractivity contribution is -0.142. The summed E-state index contributed by atoms with van der Waals surface area (Å²) in [4.78, 5) is 116. The monoisotopic (exact) mass is 946 g/mol. The van der Waals surface area contributed by atoms with Crippen LogP contribution in [0.15, 0.2) is 36.4 Å². The Balaban J connectivity index is 0. The molecule has 0 aliphatic carbocycles. The Labute approximate surface area is 376 Å². The van der Waals surface area contributed by atoms with Gasteiger partial charge in [-0.15, -0.1) is 49.6 Å². The van der Waals surface area contributed by atoms with Gasteiger partial charge in [-0.05, 0) is 37.0 Å². The van der Waals surface area contributed by atoms with E-state index in [9.17, 15) is 63.6 Å². The molecule has 2 heterocycles. The van der Waals surface area contributed by atoms with Crippen molar-refractivity contribution in [3.05, 3.63) is 47.5 Å². The van der Waals surface area contributed by atoms with Gasteiger partial charge in [0.05, 0.1) is 32.7 Å². The summed E-state index contributed by atoms with van der Waals surface area (Å²) in [6.45, 7) is 0.623. The Hall–Kier alpha value is -4.61. The number of benzene rings is 1. The number of carboxylic acid groups (broad SMARTS) is 4. The predicted molar refractivity (Wildman–Crippen MR) is 228 cm³/mol. The molecule has 25 heteroatoms. The van der Waals surface area contributed by atoms with Crippen LogP contribution in [0.25, 0.3) is 0 Å². The van der Waals surface area contributed by atoms with Gasteiger partial charge in [-0.3, -0.25) is 62.9 Å². The molecule has 1 aromatic carbocycles. The Morgan fingerprint density at radius 2 is 1.07 bits per heavy atom. The van der Waals surface area contributed by atoms with E-state index in [1.807, 2.05) is 0 Å². The van der Waals surface area contributed by atoms with Gasteiger partial charge in [0.15, 0.2) is 0 Å². The number of unbranched alkanes of at least 4 members (excludes halogenated alkanes) is 1. The zero-order chi connectivity index (χ0) is 41.9. The summed E-state index contributed by atoms with van der Waals surface area (Å²) in [6.07, 6.45) is 2.98. The maximum absolute atomic E-state index is 13.1. The number of nitrogens with one attached hydrogen (secondary N) is 3. The van der Waals surface area contributed by atoms with Crippen molar-refractivity contribution in [1.29, 1.82) is 0 Å². The molecule has 2 aliphatic heterocycles. The third-order valence-electron chi connectivity index (χ3n) is 9.12. The van der Waals surface area contributed by atoms with E-state index in [1.54, 1.807) is 31.7 Å². The maximum atomic E-state index is 13.1. The van der Waals surface area contributed by atoms with Crippen molar-refractivity contribution in [1.82, 2.24) is 40.4 Å². The van der Waals surface area contributed by atoms with Crippen molar-refractivity contribution in [2.45, 2.75) is 31.8 Å². The van der Waals surface area contributed by atoms with Crippen LogP contribution in [0.4, 0.5) is 0 Å². The van der Waals surface area contributed by atoms with Crippen LogP contribution in [0, 0.1) is 0 Å². The van der Waals surface area contributed by atoms with Crippen molar-refractivity contribution in [3.8, 4) is 0 Å². The molecule has 1 fully saturated rings. The molecule has 21 nitrogen and oxygen atoms in total. The van der Waals surface area contributed by atoms with Gasteiger partial charge < -0.3 is 36.4 Å². The molecule has 0 radical (unpaired) electrons. The summed E-state index contributed by atoms with van der Waals surface area (Å²) in [7, 11) is 0. The molecular formula is C36H54Cl4N8O13. The van der Waals surface area contributed by atoms with Gasteiger partial charge in [0.2, 0.25) is 11.8 Å². The third kappa shape index (κ3) is 22.7. The molecule has 0 saturated carbocycles. The molecule has 1 atom stereocenters. The summed E-state index contributed by atoms with van der Waals surface area (Å²) in [5.74, 6) is -7.11. The number of amides is 5. The highest BCUT2D eigenvalue weighted by molar-refractivity contribution is 6.12. The Morgan fingerprint density at radius 3 is 1.51 bits per heavy atom. The molecule has 61 heavy (non-hydrogen) atoms. The number of halogens is 4. The number of hydrogen-bond donors (Lipinski definition) is 7. The fraction of sp³-hybridized carbons (Fsp3) is 0.528. The van der Waals surface area contributed by atoms with Gasteiger partial charge in [0.25, 0.3) is 17.7 Å². The van der Waals surface area contributed by atoms with Crippen LogP contribution < -0.4 is 16.0 Å². The smallest absolute Gasteiger partial charge is 0.326 e. The lowest BCUT2D eigenvalue weighted by Gasteiger charge is -2.32. The fourth-order valence-corrected chi connectivity index (χ4v) is 6.10. The van der Waals surface area contributed by atoms with Crippen LogP contribution in [0.5, 0.6) is 0 Å². The summed E-state index contributed by atoms with van der Waals surface area (Å²) in [6, 6.07) is 5.00. The molecule has 3 rings (SSSR count). The summed E-state index contributed by atoms with van der Waals surface area (Å²) < 4.78 is 0. The molecule has 0 bridgehead atoms. The van der Waals surface area contributed by atoms with Crippen molar-refractivity contribution in [3.63, 3.8) is 0 Å². The quantitative estimate of drug-likeness (QED) is 0.0601. The molecule has 0 aromatic heterocycles. The number of carbonyl (C=O) groups excluding carboxylic acids is 5. The molecule has 0 unspecified atom stereocenters. The van der Waals surface area contributed by atoms with E-state index in [0.29, 0.717) is 18.4 Å². The number of imide groups is 1. The van der Waals surface area contributed by atoms with E-state index in [-0.39, 0.29) is 159 Å². The highest BCUT2D eigenvalue weighted by Gasteiger charge is 2.25. The molecule has 2 aliphatic rings. The predicted octanol–water partition coefficient (Wildman–Crippen LogP) is -1.14. The first-order valence-electron chi connectivity index (χ1n) is 18.3. The highest BCUT2D eigenvalue weighted by Crippen LogP contribution is 2.09. The number of hydrogen-bond acceptors (Lipinski definition) is 13. The minimum absolute atomic E-state index is 0.